The van der Waals surface area contributed by atoms with E-state index in [1.54, 1.807) is 23.9 Å². The maximum atomic E-state index is 12.9. The molecule has 0 saturated carbocycles. The highest BCUT2D eigenvalue weighted by atomic mass is 32.2. The van der Waals surface area contributed by atoms with Crippen LogP contribution in [0.4, 0.5) is 0 Å². The molecule has 0 aromatic heterocycles. The molecule has 0 heterocycles. The molecule has 0 aliphatic heterocycles. The molecule has 0 saturated heterocycles. The van der Waals surface area contributed by atoms with Crippen LogP contribution in [0, 0.1) is 5.92 Å². The van der Waals surface area contributed by atoms with Crippen molar-refractivity contribution in [1.29, 1.82) is 0 Å². The van der Waals surface area contributed by atoms with Gasteiger partial charge in [0.25, 0.3) is 0 Å². The summed E-state index contributed by atoms with van der Waals surface area (Å²) in [5, 5.41) is 2.71. The lowest BCUT2D eigenvalue weighted by molar-refractivity contribution is -0.129. The van der Waals surface area contributed by atoms with Crippen molar-refractivity contribution in [2.75, 3.05) is 17.8 Å². The molecule has 154 valence electrons. The van der Waals surface area contributed by atoms with Crippen LogP contribution < -0.4 is 11.1 Å². The number of amides is 2. The molecule has 0 aliphatic rings. The smallest absolute Gasteiger partial charge is 0.240 e. The summed E-state index contributed by atoms with van der Waals surface area (Å²) in [6.07, 6.45) is 2.90. The molecule has 2 aromatic carbocycles. The predicted octanol–water partition coefficient (Wildman–Crippen LogP) is 3.14. The standard InChI is InChI=1S/C22H26N2O3S2/c1-28-13-12-19(20(23)25)24-21(26)18(14-16-8-4-2-5-9-16)15-29-22(27)17-10-6-3-7-11-17/h2-11,18-19H,12-15H2,1H3,(H2,23,25)(H,24,26)/t18-,19-/m1/s1. The molecule has 5 nitrogen and oxygen atoms in total. The lowest BCUT2D eigenvalue weighted by atomic mass is 9.99. The molecule has 29 heavy (non-hydrogen) atoms. The van der Waals surface area contributed by atoms with Gasteiger partial charge in [-0.05, 0) is 30.4 Å². The Morgan fingerprint density at radius 2 is 1.62 bits per heavy atom. The van der Waals surface area contributed by atoms with Crippen molar-refractivity contribution >= 4 is 40.5 Å². The van der Waals surface area contributed by atoms with Crippen molar-refractivity contribution in [3.63, 3.8) is 0 Å². The highest BCUT2D eigenvalue weighted by Gasteiger charge is 2.25. The number of carbonyl (C=O) groups is 3. The van der Waals surface area contributed by atoms with E-state index in [1.165, 1.54) is 0 Å². The molecule has 0 unspecified atom stereocenters. The normalized spacial score (nSPS) is 12.7. The Balaban J connectivity index is 2.08. The van der Waals surface area contributed by atoms with Gasteiger partial charge in [0.15, 0.2) is 0 Å². The van der Waals surface area contributed by atoms with Gasteiger partial charge in [-0.2, -0.15) is 11.8 Å². The Morgan fingerprint density at radius 3 is 2.21 bits per heavy atom. The zero-order valence-electron chi connectivity index (χ0n) is 16.4. The first-order valence-corrected chi connectivity index (χ1v) is 11.7. The highest BCUT2D eigenvalue weighted by Crippen LogP contribution is 2.20. The molecule has 3 N–H and O–H groups in total. The van der Waals surface area contributed by atoms with Crippen molar-refractivity contribution in [3.05, 3.63) is 71.8 Å². The number of carbonyl (C=O) groups excluding carboxylic acids is 3. The van der Waals surface area contributed by atoms with Gasteiger partial charge in [0.1, 0.15) is 6.04 Å². The van der Waals surface area contributed by atoms with E-state index < -0.39 is 17.9 Å². The van der Waals surface area contributed by atoms with Gasteiger partial charge in [-0.3, -0.25) is 14.4 Å². The van der Waals surface area contributed by atoms with E-state index in [9.17, 15) is 14.4 Å². The van der Waals surface area contributed by atoms with E-state index in [1.807, 2.05) is 54.8 Å². The highest BCUT2D eigenvalue weighted by molar-refractivity contribution is 8.14. The third-order valence-electron chi connectivity index (χ3n) is 4.39. The largest absolute Gasteiger partial charge is 0.368 e. The van der Waals surface area contributed by atoms with E-state index in [2.05, 4.69) is 5.32 Å². The summed E-state index contributed by atoms with van der Waals surface area (Å²) < 4.78 is 0. The summed E-state index contributed by atoms with van der Waals surface area (Å²) in [6, 6.07) is 17.9. The van der Waals surface area contributed by atoms with E-state index in [4.69, 9.17) is 5.73 Å². The molecule has 2 rings (SSSR count). The fourth-order valence-electron chi connectivity index (χ4n) is 2.77. The quantitative estimate of drug-likeness (QED) is 0.572. The zero-order valence-corrected chi connectivity index (χ0v) is 18.0. The second-order valence-electron chi connectivity index (χ2n) is 6.60. The van der Waals surface area contributed by atoms with Gasteiger partial charge in [0, 0.05) is 11.3 Å². The molecule has 0 radical (unpaired) electrons. The van der Waals surface area contributed by atoms with Crippen molar-refractivity contribution in [2.24, 2.45) is 11.7 Å². The maximum absolute atomic E-state index is 12.9. The minimum atomic E-state index is -0.706. The van der Waals surface area contributed by atoms with Crippen LogP contribution in [0.15, 0.2) is 60.7 Å². The molecule has 2 amide bonds. The monoisotopic (exact) mass is 430 g/mol. The topological polar surface area (TPSA) is 89.3 Å². The van der Waals surface area contributed by atoms with Crippen molar-refractivity contribution in [3.8, 4) is 0 Å². The number of nitrogens with two attached hydrogens (primary N) is 1. The van der Waals surface area contributed by atoms with Crippen molar-refractivity contribution in [2.45, 2.75) is 18.9 Å². The summed E-state index contributed by atoms with van der Waals surface area (Å²) in [7, 11) is 0. The average molecular weight is 431 g/mol. The molecular formula is C22H26N2O3S2. The molecule has 2 atom stereocenters. The Kier molecular flexibility index (Phi) is 9.80. The number of thioether (sulfide) groups is 2. The van der Waals surface area contributed by atoms with Gasteiger partial charge < -0.3 is 11.1 Å². The molecule has 7 heteroatoms. The summed E-state index contributed by atoms with van der Waals surface area (Å²) in [5.41, 5.74) is 7.06. The van der Waals surface area contributed by atoms with Crippen molar-refractivity contribution in [1.82, 2.24) is 5.32 Å². The predicted molar refractivity (Wildman–Crippen MR) is 121 cm³/mol. The lowest BCUT2D eigenvalue weighted by Gasteiger charge is -2.20. The van der Waals surface area contributed by atoms with Crippen LogP contribution in [0.25, 0.3) is 0 Å². The van der Waals surface area contributed by atoms with Gasteiger partial charge in [-0.15, -0.1) is 0 Å². The van der Waals surface area contributed by atoms with Gasteiger partial charge in [-0.25, -0.2) is 0 Å². The number of nitrogens with one attached hydrogen (secondary N) is 1. The first-order valence-electron chi connectivity index (χ1n) is 9.36. The van der Waals surface area contributed by atoms with E-state index in [0.29, 0.717) is 24.2 Å². The van der Waals surface area contributed by atoms with Crippen LogP contribution in [0.5, 0.6) is 0 Å². The van der Waals surface area contributed by atoms with Crippen molar-refractivity contribution < 1.29 is 14.4 Å². The average Bonchev–Trinajstić information content (AvgIpc) is 2.74. The van der Waals surface area contributed by atoms with Crippen LogP contribution in [-0.4, -0.2) is 40.7 Å². The number of rotatable bonds is 11. The Bertz CT molecular complexity index is 800. The van der Waals surface area contributed by atoms with Crippen LogP contribution in [0.1, 0.15) is 22.3 Å². The SMILES string of the molecule is CSCC[C@@H](NC(=O)[C@@H](CSC(=O)c1ccccc1)Cc1ccccc1)C(N)=O. The first kappa shape index (κ1) is 23.0. The third kappa shape index (κ3) is 7.95. The summed E-state index contributed by atoms with van der Waals surface area (Å²) in [5.74, 6) is -0.210. The van der Waals surface area contributed by atoms with Gasteiger partial charge in [-0.1, -0.05) is 72.4 Å². The van der Waals surface area contributed by atoms with Gasteiger partial charge in [0.2, 0.25) is 16.9 Å². The molecule has 0 spiro atoms. The fraction of sp³-hybridized carbons (Fsp3) is 0.318. The second kappa shape index (κ2) is 12.3. The molecule has 2 aromatic rings. The molecule has 0 bridgehead atoms. The van der Waals surface area contributed by atoms with E-state index >= 15 is 0 Å². The maximum Gasteiger partial charge on any atom is 0.240 e. The lowest BCUT2D eigenvalue weighted by Crippen LogP contribution is -2.47. The Morgan fingerprint density at radius 1 is 1.00 bits per heavy atom. The van der Waals surface area contributed by atoms with Crippen LogP contribution in [0.2, 0.25) is 0 Å². The summed E-state index contributed by atoms with van der Waals surface area (Å²) >= 11 is 2.71. The molecule has 0 aliphatic carbocycles. The van der Waals surface area contributed by atoms with Crippen LogP contribution in [0.3, 0.4) is 0 Å². The van der Waals surface area contributed by atoms with E-state index in [-0.39, 0.29) is 11.0 Å². The summed E-state index contributed by atoms with van der Waals surface area (Å²) in [6.45, 7) is 0. The fourth-order valence-corrected chi connectivity index (χ4v) is 4.17. The van der Waals surface area contributed by atoms with Gasteiger partial charge >= 0.3 is 0 Å². The zero-order chi connectivity index (χ0) is 21.1. The van der Waals surface area contributed by atoms with Gasteiger partial charge in [0.05, 0.1) is 5.92 Å². The van der Waals surface area contributed by atoms with E-state index in [0.717, 1.165) is 23.1 Å². The molecular weight excluding hydrogens is 404 g/mol. The Labute approximate surface area is 180 Å². The third-order valence-corrected chi connectivity index (χ3v) is 6.10. The number of hydrogen-bond donors (Lipinski definition) is 2. The van der Waals surface area contributed by atoms with Crippen LogP contribution >= 0.6 is 23.5 Å². The minimum Gasteiger partial charge on any atom is -0.368 e. The Hall–Kier alpha value is -2.25. The first-order chi connectivity index (χ1) is 14.0. The second-order valence-corrected chi connectivity index (χ2v) is 8.57. The summed E-state index contributed by atoms with van der Waals surface area (Å²) in [4.78, 5) is 37.1. The minimum absolute atomic E-state index is 0.0784. The number of hydrogen-bond acceptors (Lipinski definition) is 5. The number of benzene rings is 2. The number of primary amides is 1. The molecule has 0 fully saturated rings. The van der Waals surface area contributed by atoms with Crippen LogP contribution in [-0.2, 0) is 16.0 Å².